The molecule has 0 fully saturated rings. The molecule has 1 unspecified atom stereocenters. The van der Waals surface area contributed by atoms with Crippen molar-refractivity contribution in [1.82, 2.24) is 18.7 Å². The molecule has 10 heteroatoms. The van der Waals surface area contributed by atoms with E-state index in [2.05, 4.69) is 10.4 Å². The van der Waals surface area contributed by atoms with Crippen LogP contribution in [0.5, 0.6) is 5.75 Å². The van der Waals surface area contributed by atoms with Crippen LogP contribution >= 0.6 is 0 Å². The fourth-order valence-corrected chi connectivity index (χ4v) is 2.99. The Morgan fingerprint density at radius 3 is 2.57 bits per heavy atom. The van der Waals surface area contributed by atoms with Gasteiger partial charge in [0, 0.05) is 14.1 Å². The number of fused-ring (bicyclic) bond motifs is 1. The predicted molar refractivity (Wildman–Crippen MR) is 105 cm³/mol. The van der Waals surface area contributed by atoms with Crippen LogP contribution in [-0.2, 0) is 20.6 Å². The Morgan fingerprint density at radius 1 is 1.21 bits per heavy atom. The second-order valence-electron chi connectivity index (χ2n) is 6.78. The van der Waals surface area contributed by atoms with Crippen LogP contribution in [0.3, 0.4) is 0 Å². The second kappa shape index (κ2) is 7.49. The van der Waals surface area contributed by atoms with E-state index in [9.17, 15) is 14.7 Å². The number of anilines is 1. The van der Waals surface area contributed by atoms with Crippen molar-refractivity contribution in [2.75, 3.05) is 12.0 Å². The number of aryl methyl sites for hydroxylation is 3. The van der Waals surface area contributed by atoms with Crippen molar-refractivity contribution in [2.24, 2.45) is 19.9 Å². The van der Waals surface area contributed by atoms with Gasteiger partial charge >= 0.3 is 5.69 Å². The molecule has 150 valence electrons. The molecule has 3 aromatic rings. The van der Waals surface area contributed by atoms with Crippen LogP contribution in [0.1, 0.15) is 11.1 Å². The quantitative estimate of drug-likeness (QED) is 0.393. The molecule has 4 N–H and O–H groups in total. The smallest absolute Gasteiger partial charge is 0.332 e. The average molecular weight is 388 g/mol. The van der Waals surface area contributed by atoms with Gasteiger partial charge in [-0.05, 0) is 37.1 Å². The Kier molecular flexibility index (Phi) is 5.25. The normalized spacial score (nSPS) is 12.4. The lowest BCUT2D eigenvalue weighted by Crippen LogP contribution is -2.38. The first kappa shape index (κ1) is 19.6. The number of imidazole rings is 1. The van der Waals surface area contributed by atoms with Gasteiger partial charge in [-0.25, -0.2) is 10.6 Å². The standard InChI is InChI=1S/C18H24N6O4/c1-10-5-6-13(7-11(10)2)28-9-12(25)8-24-14-15(20-17(24)21-19)22(3)18(27)23(4)16(14)26/h5-7,12,25H,8-9,19H2,1-4H3,(H,20,21). The number of aliphatic hydroxyl groups excluding tert-OH is 1. The second-order valence-corrected chi connectivity index (χ2v) is 6.78. The van der Waals surface area contributed by atoms with Gasteiger partial charge in [-0.2, -0.15) is 4.98 Å². The van der Waals surface area contributed by atoms with Crippen molar-refractivity contribution in [2.45, 2.75) is 26.5 Å². The summed E-state index contributed by atoms with van der Waals surface area (Å²) in [5, 5.41) is 10.5. The zero-order valence-electron chi connectivity index (χ0n) is 16.3. The summed E-state index contributed by atoms with van der Waals surface area (Å²) >= 11 is 0. The van der Waals surface area contributed by atoms with E-state index in [1.54, 1.807) is 0 Å². The third-order valence-corrected chi connectivity index (χ3v) is 4.79. The van der Waals surface area contributed by atoms with Crippen molar-refractivity contribution in [3.63, 3.8) is 0 Å². The van der Waals surface area contributed by atoms with E-state index in [1.807, 2.05) is 32.0 Å². The van der Waals surface area contributed by atoms with E-state index in [0.717, 1.165) is 15.7 Å². The molecule has 0 aliphatic heterocycles. The summed E-state index contributed by atoms with van der Waals surface area (Å²) in [6.45, 7) is 4.01. The summed E-state index contributed by atoms with van der Waals surface area (Å²) in [6.07, 6.45) is -0.937. The van der Waals surface area contributed by atoms with E-state index >= 15 is 0 Å². The largest absolute Gasteiger partial charge is 0.491 e. The van der Waals surface area contributed by atoms with Crippen molar-refractivity contribution < 1.29 is 9.84 Å². The van der Waals surface area contributed by atoms with E-state index < -0.39 is 17.4 Å². The third kappa shape index (κ3) is 3.39. The molecule has 28 heavy (non-hydrogen) atoms. The monoisotopic (exact) mass is 388 g/mol. The fourth-order valence-electron chi connectivity index (χ4n) is 2.99. The number of hydrogen-bond acceptors (Lipinski definition) is 7. The van der Waals surface area contributed by atoms with Gasteiger partial charge in [0.15, 0.2) is 11.2 Å². The highest BCUT2D eigenvalue weighted by atomic mass is 16.5. The number of nitrogens with zero attached hydrogens (tertiary/aromatic N) is 4. The van der Waals surface area contributed by atoms with Gasteiger partial charge in [0.1, 0.15) is 18.5 Å². The SMILES string of the molecule is Cc1ccc(OCC(O)Cn2c(NN)nc3c2c(=O)n(C)c(=O)n3C)cc1C. The van der Waals surface area contributed by atoms with Gasteiger partial charge in [0.05, 0.1) is 6.54 Å². The minimum absolute atomic E-state index is 0.00825. The lowest BCUT2D eigenvalue weighted by atomic mass is 10.1. The van der Waals surface area contributed by atoms with Gasteiger partial charge in [-0.15, -0.1) is 0 Å². The molecular weight excluding hydrogens is 364 g/mol. The minimum atomic E-state index is -0.937. The molecule has 0 saturated carbocycles. The van der Waals surface area contributed by atoms with Gasteiger partial charge in [0.2, 0.25) is 5.95 Å². The zero-order valence-corrected chi connectivity index (χ0v) is 16.3. The highest BCUT2D eigenvalue weighted by Gasteiger charge is 2.20. The molecule has 1 atom stereocenters. The fraction of sp³-hybridized carbons (Fsp3) is 0.389. The number of hydrazine groups is 1. The lowest BCUT2D eigenvalue weighted by Gasteiger charge is -2.15. The Labute approximate surface area is 160 Å². The summed E-state index contributed by atoms with van der Waals surface area (Å²) in [5.41, 5.74) is 3.99. The maximum Gasteiger partial charge on any atom is 0.332 e. The van der Waals surface area contributed by atoms with Crippen LogP contribution in [0.15, 0.2) is 27.8 Å². The highest BCUT2D eigenvalue weighted by molar-refractivity contribution is 5.74. The molecule has 1 aromatic carbocycles. The molecular formula is C18H24N6O4. The van der Waals surface area contributed by atoms with Crippen molar-refractivity contribution in [3.8, 4) is 5.75 Å². The van der Waals surface area contributed by atoms with Crippen LogP contribution in [0.25, 0.3) is 11.2 Å². The first-order valence-corrected chi connectivity index (χ1v) is 8.75. The van der Waals surface area contributed by atoms with Crippen LogP contribution in [-0.4, -0.2) is 36.5 Å². The van der Waals surface area contributed by atoms with Gasteiger partial charge in [-0.3, -0.25) is 19.4 Å². The van der Waals surface area contributed by atoms with Crippen LogP contribution < -0.4 is 27.3 Å². The van der Waals surface area contributed by atoms with Crippen LogP contribution in [0.4, 0.5) is 5.95 Å². The number of aliphatic hydroxyl groups is 1. The Morgan fingerprint density at radius 2 is 1.93 bits per heavy atom. The molecule has 3 rings (SSSR count). The summed E-state index contributed by atoms with van der Waals surface area (Å²) in [4.78, 5) is 28.9. The molecule has 0 spiro atoms. The molecule has 2 aromatic heterocycles. The van der Waals surface area contributed by atoms with Crippen LogP contribution in [0, 0.1) is 13.8 Å². The summed E-state index contributed by atoms with van der Waals surface area (Å²) in [6, 6.07) is 5.67. The van der Waals surface area contributed by atoms with Gasteiger partial charge in [-0.1, -0.05) is 6.07 Å². The Bertz CT molecular complexity index is 1140. The van der Waals surface area contributed by atoms with E-state index in [4.69, 9.17) is 10.6 Å². The number of nitrogens with two attached hydrogens (primary N) is 1. The topological polar surface area (TPSA) is 129 Å². The maximum absolute atomic E-state index is 12.6. The zero-order chi connectivity index (χ0) is 20.6. The number of nitrogen functional groups attached to an aromatic ring is 1. The summed E-state index contributed by atoms with van der Waals surface area (Å²) in [7, 11) is 2.90. The number of ether oxygens (including phenoxy) is 1. The van der Waals surface area contributed by atoms with Gasteiger partial charge < -0.3 is 14.4 Å². The number of hydrogen-bond donors (Lipinski definition) is 3. The Balaban J connectivity index is 1.89. The molecule has 10 nitrogen and oxygen atoms in total. The molecule has 0 radical (unpaired) electrons. The average Bonchev–Trinajstić information content (AvgIpc) is 3.04. The maximum atomic E-state index is 12.6. The lowest BCUT2D eigenvalue weighted by molar-refractivity contribution is 0.0938. The van der Waals surface area contributed by atoms with E-state index in [-0.39, 0.29) is 30.3 Å². The predicted octanol–water partition coefficient (Wildman–Crippen LogP) is -0.224. The van der Waals surface area contributed by atoms with Gasteiger partial charge in [0.25, 0.3) is 5.56 Å². The Hall–Kier alpha value is -3.11. The van der Waals surface area contributed by atoms with Crippen LogP contribution in [0.2, 0.25) is 0 Å². The molecule has 2 heterocycles. The van der Waals surface area contributed by atoms with Crippen molar-refractivity contribution in [1.29, 1.82) is 0 Å². The van der Waals surface area contributed by atoms with Crippen molar-refractivity contribution >= 4 is 17.1 Å². The third-order valence-electron chi connectivity index (χ3n) is 4.79. The molecule has 0 aliphatic rings. The minimum Gasteiger partial charge on any atom is -0.491 e. The first-order chi connectivity index (χ1) is 13.2. The number of rotatable bonds is 6. The summed E-state index contributed by atoms with van der Waals surface area (Å²) < 4.78 is 9.35. The number of aromatic nitrogens is 4. The molecule has 0 aliphatic carbocycles. The molecule has 0 saturated heterocycles. The van der Waals surface area contributed by atoms with E-state index in [0.29, 0.717) is 5.75 Å². The van der Waals surface area contributed by atoms with E-state index in [1.165, 1.54) is 23.2 Å². The molecule has 0 bridgehead atoms. The number of benzene rings is 1. The van der Waals surface area contributed by atoms with Crippen molar-refractivity contribution in [3.05, 3.63) is 50.2 Å². The summed E-state index contributed by atoms with van der Waals surface area (Å²) in [5.74, 6) is 6.33. The highest BCUT2D eigenvalue weighted by Crippen LogP contribution is 2.18. The molecule has 0 amide bonds. The first-order valence-electron chi connectivity index (χ1n) is 8.75. The number of nitrogens with one attached hydrogen (secondary N) is 1.